The van der Waals surface area contributed by atoms with Crippen LogP contribution in [0.5, 0.6) is 0 Å². The van der Waals surface area contributed by atoms with E-state index < -0.39 is 0 Å². The minimum atomic E-state index is -0.235. The second kappa shape index (κ2) is 5.68. The van der Waals surface area contributed by atoms with Crippen molar-refractivity contribution in [1.29, 1.82) is 0 Å². The molecule has 90 valence electrons. The zero-order valence-electron chi connectivity index (χ0n) is 10.5. The van der Waals surface area contributed by atoms with Crippen LogP contribution >= 0.6 is 0 Å². The summed E-state index contributed by atoms with van der Waals surface area (Å²) in [6.07, 6.45) is 2.85. The minimum Gasteiger partial charge on any atom is -0.354 e. The highest BCUT2D eigenvalue weighted by atomic mass is 16.2. The van der Waals surface area contributed by atoms with Crippen LogP contribution in [0.15, 0.2) is 12.3 Å². The number of hydrogen-bond acceptors (Lipinski definition) is 2. The van der Waals surface area contributed by atoms with Crippen LogP contribution in [0.4, 0.5) is 0 Å². The largest absolute Gasteiger partial charge is 0.354 e. The van der Waals surface area contributed by atoms with Crippen molar-refractivity contribution in [2.24, 2.45) is 5.92 Å². The highest BCUT2D eigenvalue weighted by Gasteiger charge is 2.14. The highest BCUT2D eigenvalue weighted by molar-refractivity contribution is 5.79. The number of nitrogens with zero attached hydrogens (tertiary/aromatic N) is 2. The van der Waals surface area contributed by atoms with Crippen LogP contribution in [-0.2, 0) is 4.79 Å². The van der Waals surface area contributed by atoms with Crippen LogP contribution < -0.4 is 5.32 Å². The number of amides is 1. The Kier molecular flexibility index (Phi) is 4.52. The maximum Gasteiger partial charge on any atom is 0.244 e. The van der Waals surface area contributed by atoms with Gasteiger partial charge >= 0.3 is 0 Å². The van der Waals surface area contributed by atoms with Gasteiger partial charge in [-0.15, -0.1) is 0 Å². The van der Waals surface area contributed by atoms with Gasteiger partial charge in [0, 0.05) is 12.7 Å². The first kappa shape index (κ1) is 12.7. The summed E-state index contributed by atoms with van der Waals surface area (Å²) in [4.78, 5) is 11.8. The van der Waals surface area contributed by atoms with E-state index in [1.165, 1.54) is 0 Å². The minimum absolute atomic E-state index is 0.0313. The summed E-state index contributed by atoms with van der Waals surface area (Å²) in [5.74, 6) is 0.645. The van der Waals surface area contributed by atoms with Crippen molar-refractivity contribution in [3.05, 3.63) is 18.0 Å². The van der Waals surface area contributed by atoms with Crippen molar-refractivity contribution in [1.82, 2.24) is 15.1 Å². The third kappa shape index (κ3) is 3.68. The van der Waals surface area contributed by atoms with Gasteiger partial charge in [-0.3, -0.25) is 9.48 Å². The first-order chi connectivity index (χ1) is 7.50. The summed E-state index contributed by atoms with van der Waals surface area (Å²) < 4.78 is 1.69. The lowest BCUT2D eigenvalue weighted by Gasteiger charge is -2.13. The molecular formula is C12H21N3O. The molecule has 1 aromatic rings. The molecule has 0 fully saturated rings. The van der Waals surface area contributed by atoms with Crippen LogP contribution in [0.2, 0.25) is 0 Å². The molecule has 0 saturated carbocycles. The number of carbonyl (C=O) groups excluding carboxylic acids is 1. The molecule has 1 heterocycles. The first-order valence-electron chi connectivity index (χ1n) is 5.80. The average molecular weight is 223 g/mol. The third-order valence-electron chi connectivity index (χ3n) is 2.54. The van der Waals surface area contributed by atoms with Gasteiger partial charge in [0.1, 0.15) is 6.04 Å². The van der Waals surface area contributed by atoms with Crippen LogP contribution in [0.1, 0.15) is 38.9 Å². The predicted octanol–water partition coefficient (Wildman–Crippen LogP) is 1.91. The fourth-order valence-electron chi connectivity index (χ4n) is 1.40. The maximum absolute atomic E-state index is 11.8. The van der Waals surface area contributed by atoms with Crippen molar-refractivity contribution >= 4 is 5.91 Å². The molecule has 1 aromatic heterocycles. The lowest BCUT2D eigenvalue weighted by molar-refractivity contribution is -0.124. The Labute approximate surface area is 97.0 Å². The van der Waals surface area contributed by atoms with Crippen molar-refractivity contribution in [2.45, 2.75) is 40.2 Å². The van der Waals surface area contributed by atoms with Gasteiger partial charge in [-0.05, 0) is 32.3 Å². The highest BCUT2D eigenvalue weighted by Crippen LogP contribution is 2.05. The Morgan fingerprint density at radius 3 is 2.69 bits per heavy atom. The SMILES string of the molecule is Cc1ccn(C(C)C(=O)NCCC(C)C)n1. The summed E-state index contributed by atoms with van der Waals surface area (Å²) in [7, 11) is 0. The van der Waals surface area contributed by atoms with E-state index in [0.29, 0.717) is 5.92 Å². The lowest BCUT2D eigenvalue weighted by Crippen LogP contribution is -2.32. The fraction of sp³-hybridized carbons (Fsp3) is 0.667. The van der Waals surface area contributed by atoms with Crippen molar-refractivity contribution in [2.75, 3.05) is 6.54 Å². The van der Waals surface area contributed by atoms with E-state index in [9.17, 15) is 4.79 Å². The van der Waals surface area contributed by atoms with Crippen molar-refractivity contribution in [3.8, 4) is 0 Å². The molecule has 4 heteroatoms. The van der Waals surface area contributed by atoms with Crippen molar-refractivity contribution < 1.29 is 4.79 Å². The molecule has 1 unspecified atom stereocenters. The standard InChI is InChI=1S/C12H21N3O/c1-9(2)5-7-13-12(16)11(4)15-8-6-10(3)14-15/h6,8-9,11H,5,7H2,1-4H3,(H,13,16). The molecule has 0 aliphatic rings. The van der Waals surface area contributed by atoms with E-state index in [1.807, 2.05) is 26.1 Å². The molecule has 0 spiro atoms. The van der Waals surface area contributed by atoms with Gasteiger partial charge in [0.25, 0.3) is 0 Å². The lowest BCUT2D eigenvalue weighted by atomic mass is 10.1. The summed E-state index contributed by atoms with van der Waals surface area (Å²) in [6, 6.07) is 1.67. The van der Waals surface area contributed by atoms with E-state index in [-0.39, 0.29) is 11.9 Å². The number of nitrogens with one attached hydrogen (secondary N) is 1. The molecule has 0 radical (unpaired) electrons. The normalized spacial score (nSPS) is 12.8. The molecule has 0 aromatic carbocycles. The summed E-state index contributed by atoms with van der Waals surface area (Å²) in [5.41, 5.74) is 0.932. The van der Waals surface area contributed by atoms with Crippen molar-refractivity contribution in [3.63, 3.8) is 0 Å². The summed E-state index contributed by atoms with van der Waals surface area (Å²) >= 11 is 0. The molecule has 0 aliphatic carbocycles. The third-order valence-corrected chi connectivity index (χ3v) is 2.54. The smallest absolute Gasteiger partial charge is 0.244 e. The molecule has 4 nitrogen and oxygen atoms in total. The van der Waals surface area contributed by atoms with Gasteiger partial charge in [-0.25, -0.2) is 0 Å². The number of rotatable bonds is 5. The predicted molar refractivity (Wildman–Crippen MR) is 64.1 cm³/mol. The van der Waals surface area contributed by atoms with E-state index in [4.69, 9.17) is 0 Å². The molecule has 1 N–H and O–H groups in total. The van der Waals surface area contributed by atoms with Gasteiger partial charge in [0.05, 0.1) is 5.69 Å². The summed E-state index contributed by atoms with van der Waals surface area (Å²) in [6.45, 7) is 8.80. The summed E-state index contributed by atoms with van der Waals surface area (Å²) in [5, 5.41) is 7.15. The molecule has 1 atom stereocenters. The van der Waals surface area contributed by atoms with Crippen LogP contribution in [0.3, 0.4) is 0 Å². The fourth-order valence-corrected chi connectivity index (χ4v) is 1.40. The molecule has 0 saturated heterocycles. The Balaban J connectivity index is 2.42. The number of hydrogen-bond donors (Lipinski definition) is 1. The van der Waals surface area contributed by atoms with Gasteiger partial charge < -0.3 is 5.32 Å². The number of aryl methyl sites for hydroxylation is 1. The zero-order chi connectivity index (χ0) is 12.1. The number of aromatic nitrogens is 2. The van der Waals surface area contributed by atoms with Crippen LogP contribution in [-0.4, -0.2) is 22.2 Å². The average Bonchev–Trinajstić information content (AvgIpc) is 2.63. The Morgan fingerprint density at radius 2 is 2.19 bits per heavy atom. The van der Waals surface area contributed by atoms with Gasteiger partial charge in [0.15, 0.2) is 0 Å². The second-order valence-electron chi connectivity index (χ2n) is 4.59. The van der Waals surface area contributed by atoms with Crippen LogP contribution in [0.25, 0.3) is 0 Å². The maximum atomic E-state index is 11.8. The molecule has 1 rings (SSSR count). The molecule has 1 amide bonds. The Hall–Kier alpha value is -1.32. The number of carbonyl (C=O) groups is 1. The van der Waals surface area contributed by atoms with E-state index in [2.05, 4.69) is 24.3 Å². The monoisotopic (exact) mass is 223 g/mol. The molecule has 16 heavy (non-hydrogen) atoms. The quantitative estimate of drug-likeness (QED) is 0.829. The first-order valence-corrected chi connectivity index (χ1v) is 5.80. The van der Waals surface area contributed by atoms with E-state index in [0.717, 1.165) is 18.7 Å². The molecule has 0 bridgehead atoms. The van der Waals surface area contributed by atoms with Gasteiger partial charge in [-0.2, -0.15) is 5.10 Å². The molecule has 0 aliphatic heterocycles. The van der Waals surface area contributed by atoms with Gasteiger partial charge in [0.2, 0.25) is 5.91 Å². The van der Waals surface area contributed by atoms with Gasteiger partial charge in [-0.1, -0.05) is 13.8 Å². The van der Waals surface area contributed by atoms with Crippen LogP contribution in [0, 0.1) is 12.8 Å². The zero-order valence-corrected chi connectivity index (χ0v) is 10.5. The Morgan fingerprint density at radius 1 is 1.50 bits per heavy atom. The van der Waals surface area contributed by atoms with E-state index in [1.54, 1.807) is 4.68 Å². The topological polar surface area (TPSA) is 46.9 Å². The van der Waals surface area contributed by atoms with E-state index >= 15 is 0 Å². The molecular weight excluding hydrogens is 202 g/mol. The second-order valence-corrected chi connectivity index (χ2v) is 4.59. The Bertz CT molecular complexity index is 344.